The van der Waals surface area contributed by atoms with Crippen LogP contribution in [0, 0.1) is 5.92 Å². The smallest absolute Gasteiger partial charge is 0.128 e. The summed E-state index contributed by atoms with van der Waals surface area (Å²) in [7, 11) is 1.74. The summed E-state index contributed by atoms with van der Waals surface area (Å²) in [5, 5.41) is 3.45. The van der Waals surface area contributed by atoms with Crippen LogP contribution in [-0.4, -0.2) is 36.8 Å². The number of rotatable bonds is 7. The van der Waals surface area contributed by atoms with E-state index in [0.29, 0.717) is 5.92 Å². The molecule has 0 saturated heterocycles. The van der Waals surface area contributed by atoms with Gasteiger partial charge in [0.25, 0.3) is 0 Å². The van der Waals surface area contributed by atoms with E-state index in [-0.39, 0.29) is 0 Å². The van der Waals surface area contributed by atoms with Gasteiger partial charge in [-0.25, -0.2) is 9.97 Å². The minimum absolute atomic E-state index is 0.713. The quantitative estimate of drug-likeness (QED) is 0.762. The molecule has 0 aromatic carbocycles. The zero-order chi connectivity index (χ0) is 13.5. The van der Waals surface area contributed by atoms with E-state index in [4.69, 9.17) is 9.72 Å². The summed E-state index contributed by atoms with van der Waals surface area (Å²) in [6.45, 7) is 4.96. The van der Waals surface area contributed by atoms with Crippen LogP contribution in [0.2, 0.25) is 0 Å². The van der Waals surface area contributed by atoms with E-state index in [1.165, 1.54) is 17.7 Å². The van der Waals surface area contributed by atoms with Crippen molar-refractivity contribution in [2.24, 2.45) is 5.92 Å². The molecule has 1 unspecified atom stereocenters. The van der Waals surface area contributed by atoms with Crippen LogP contribution >= 0.6 is 0 Å². The number of nitrogens with zero attached hydrogens (tertiary/aromatic N) is 2. The topological polar surface area (TPSA) is 47.0 Å². The van der Waals surface area contributed by atoms with Crippen molar-refractivity contribution in [3.63, 3.8) is 0 Å². The lowest BCUT2D eigenvalue weighted by Crippen LogP contribution is -2.30. The fourth-order valence-corrected chi connectivity index (χ4v) is 2.62. The van der Waals surface area contributed by atoms with Crippen LogP contribution in [-0.2, 0) is 24.0 Å². The van der Waals surface area contributed by atoms with Gasteiger partial charge in [-0.2, -0.15) is 0 Å². The second-order valence-corrected chi connectivity index (χ2v) is 5.31. The number of aryl methyl sites for hydroxylation is 2. The maximum absolute atomic E-state index is 5.04. The Morgan fingerprint density at radius 1 is 1.47 bits per heavy atom. The van der Waals surface area contributed by atoms with E-state index in [9.17, 15) is 0 Å². The van der Waals surface area contributed by atoms with Crippen LogP contribution in [0.15, 0.2) is 6.20 Å². The highest BCUT2D eigenvalue weighted by molar-refractivity contribution is 5.21. The lowest BCUT2D eigenvalue weighted by Gasteiger charge is -2.24. The van der Waals surface area contributed by atoms with Gasteiger partial charge in [0.05, 0.1) is 6.61 Å². The first kappa shape index (κ1) is 14.4. The summed E-state index contributed by atoms with van der Waals surface area (Å²) < 4.78 is 5.04. The van der Waals surface area contributed by atoms with Gasteiger partial charge in [0.15, 0.2) is 0 Å². The normalized spacial score (nSPS) is 18.3. The van der Waals surface area contributed by atoms with Crippen LogP contribution in [0.5, 0.6) is 0 Å². The first-order valence-corrected chi connectivity index (χ1v) is 7.36. The van der Waals surface area contributed by atoms with Crippen molar-refractivity contribution in [2.45, 2.75) is 39.0 Å². The lowest BCUT2D eigenvalue weighted by atomic mass is 9.87. The van der Waals surface area contributed by atoms with E-state index < -0.39 is 0 Å². The minimum Gasteiger partial charge on any atom is -0.383 e. The molecule has 19 heavy (non-hydrogen) atoms. The summed E-state index contributed by atoms with van der Waals surface area (Å²) in [6.07, 6.45) is 7.61. The van der Waals surface area contributed by atoms with Crippen LogP contribution in [0.3, 0.4) is 0 Å². The molecule has 1 aliphatic carbocycles. The Morgan fingerprint density at radius 3 is 3.16 bits per heavy atom. The first-order chi connectivity index (χ1) is 9.33. The molecule has 1 aromatic rings. The fraction of sp³-hybridized carbons (Fsp3) is 0.733. The maximum atomic E-state index is 5.04. The van der Waals surface area contributed by atoms with Gasteiger partial charge in [0.2, 0.25) is 0 Å². The Hall–Kier alpha value is -1.00. The summed E-state index contributed by atoms with van der Waals surface area (Å²) in [5.41, 5.74) is 2.64. The molecule has 0 fully saturated rings. The van der Waals surface area contributed by atoms with E-state index in [2.05, 4.69) is 23.4 Å². The highest BCUT2D eigenvalue weighted by atomic mass is 16.5. The molecule has 0 bridgehead atoms. The van der Waals surface area contributed by atoms with Crippen molar-refractivity contribution in [1.82, 2.24) is 15.3 Å². The molecule has 0 amide bonds. The third-order valence-electron chi connectivity index (χ3n) is 3.69. The second-order valence-electron chi connectivity index (χ2n) is 5.31. The molecule has 1 aliphatic rings. The average molecular weight is 263 g/mol. The molecule has 0 aliphatic heterocycles. The summed E-state index contributed by atoms with van der Waals surface area (Å²) in [5.74, 6) is 1.72. The molecule has 0 saturated carbocycles. The number of hydrogen-bond donors (Lipinski definition) is 1. The van der Waals surface area contributed by atoms with E-state index in [1.54, 1.807) is 7.11 Å². The molecule has 2 rings (SSSR count). The van der Waals surface area contributed by atoms with Gasteiger partial charge in [0.1, 0.15) is 5.82 Å². The standard InChI is InChI=1S/C15H25N3O/c1-3-4-15-17-11-13-9-12(5-6-14(13)18-15)10-16-7-8-19-2/h11-12,16H,3-10H2,1-2H3. The average Bonchev–Trinajstić information content (AvgIpc) is 2.44. The van der Waals surface area contributed by atoms with Gasteiger partial charge in [-0.3, -0.25) is 0 Å². The van der Waals surface area contributed by atoms with Gasteiger partial charge in [-0.1, -0.05) is 6.92 Å². The maximum Gasteiger partial charge on any atom is 0.128 e. The van der Waals surface area contributed by atoms with E-state index in [0.717, 1.165) is 51.2 Å². The third-order valence-corrected chi connectivity index (χ3v) is 3.69. The molecule has 1 atom stereocenters. The molecule has 1 N–H and O–H groups in total. The monoisotopic (exact) mass is 263 g/mol. The predicted molar refractivity (Wildman–Crippen MR) is 76.3 cm³/mol. The zero-order valence-corrected chi connectivity index (χ0v) is 12.1. The van der Waals surface area contributed by atoms with Crippen molar-refractivity contribution < 1.29 is 4.74 Å². The van der Waals surface area contributed by atoms with Gasteiger partial charge in [-0.15, -0.1) is 0 Å². The minimum atomic E-state index is 0.713. The Kier molecular flexibility index (Phi) is 5.73. The predicted octanol–water partition coefficient (Wildman–Crippen LogP) is 1.77. The Morgan fingerprint density at radius 2 is 2.37 bits per heavy atom. The van der Waals surface area contributed by atoms with Crippen molar-refractivity contribution in [3.05, 3.63) is 23.3 Å². The van der Waals surface area contributed by atoms with E-state index in [1.807, 2.05) is 0 Å². The van der Waals surface area contributed by atoms with Crippen molar-refractivity contribution in [1.29, 1.82) is 0 Å². The zero-order valence-electron chi connectivity index (χ0n) is 12.1. The van der Waals surface area contributed by atoms with Crippen LogP contribution in [0.4, 0.5) is 0 Å². The third kappa shape index (κ3) is 4.25. The van der Waals surface area contributed by atoms with Crippen LogP contribution < -0.4 is 5.32 Å². The molecule has 4 nitrogen and oxygen atoms in total. The Labute approximate surface area is 116 Å². The first-order valence-electron chi connectivity index (χ1n) is 7.36. The highest BCUT2D eigenvalue weighted by Gasteiger charge is 2.20. The number of hydrogen-bond acceptors (Lipinski definition) is 4. The largest absolute Gasteiger partial charge is 0.383 e. The molecular formula is C15H25N3O. The molecular weight excluding hydrogens is 238 g/mol. The SMILES string of the molecule is CCCc1ncc2c(n1)CCC(CNCCOC)C2. The molecule has 1 heterocycles. The fourth-order valence-electron chi connectivity index (χ4n) is 2.62. The number of fused-ring (bicyclic) bond motifs is 1. The van der Waals surface area contributed by atoms with Gasteiger partial charge in [-0.05, 0) is 43.7 Å². The Bertz CT molecular complexity index is 395. The Balaban J connectivity index is 1.86. The number of methoxy groups -OCH3 is 1. The molecule has 4 heteroatoms. The van der Waals surface area contributed by atoms with Gasteiger partial charge >= 0.3 is 0 Å². The van der Waals surface area contributed by atoms with Crippen LogP contribution in [0.25, 0.3) is 0 Å². The molecule has 0 spiro atoms. The lowest BCUT2D eigenvalue weighted by molar-refractivity contribution is 0.197. The number of aromatic nitrogens is 2. The summed E-state index contributed by atoms with van der Waals surface area (Å²) in [6, 6.07) is 0. The molecule has 1 aromatic heterocycles. The number of ether oxygens (including phenoxy) is 1. The van der Waals surface area contributed by atoms with Gasteiger partial charge < -0.3 is 10.1 Å². The van der Waals surface area contributed by atoms with E-state index >= 15 is 0 Å². The molecule has 106 valence electrons. The van der Waals surface area contributed by atoms with Crippen LogP contribution in [0.1, 0.15) is 36.8 Å². The summed E-state index contributed by atoms with van der Waals surface area (Å²) in [4.78, 5) is 9.17. The van der Waals surface area contributed by atoms with Crippen molar-refractivity contribution in [2.75, 3.05) is 26.8 Å². The highest BCUT2D eigenvalue weighted by Crippen LogP contribution is 2.23. The van der Waals surface area contributed by atoms with Crippen molar-refractivity contribution in [3.8, 4) is 0 Å². The molecule has 0 radical (unpaired) electrons. The second kappa shape index (κ2) is 7.56. The number of nitrogens with one attached hydrogen (secondary N) is 1. The summed E-state index contributed by atoms with van der Waals surface area (Å²) >= 11 is 0. The van der Waals surface area contributed by atoms with Crippen molar-refractivity contribution >= 4 is 0 Å². The van der Waals surface area contributed by atoms with Gasteiger partial charge in [0, 0.05) is 32.0 Å².